The van der Waals surface area contributed by atoms with Gasteiger partial charge in [-0.15, -0.1) is 0 Å². The molecule has 1 saturated heterocycles. The quantitative estimate of drug-likeness (QED) is 0.709. The molecule has 0 radical (unpaired) electrons. The van der Waals surface area contributed by atoms with Crippen LogP contribution in [0.2, 0.25) is 5.02 Å². The minimum absolute atomic E-state index is 0.352. The zero-order chi connectivity index (χ0) is 15.8. The van der Waals surface area contributed by atoms with Gasteiger partial charge in [0, 0.05) is 0 Å². The van der Waals surface area contributed by atoms with E-state index >= 15 is 0 Å². The van der Waals surface area contributed by atoms with E-state index in [2.05, 4.69) is 6.07 Å². The van der Waals surface area contributed by atoms with Gasteiger partial charge in [0.15, 0.2) is 0 Å². The molecule has 0 spiro atoms. The van der Waals surface area contributed by atoms with Crippen LogP contribution in [0.15, 0.2) is 36.2 Å². The van der Waals surface area contributed by atoms with Crippen molar-refractivity contribution in [1.29, 1.82) is 0 Å². The molecule has 1 aliphatic rings. The van der Waals surface area contributed by atoms with Gasteiger partial charge in [0.25, 0.3) is 0 Å². The fourth-order valence-corrected chi connectivity index (χ4v) is 3.36. The number of rotatable bonds is 2. The summed E-state index contributed by atoms with van der Waals surface area (Å²) in [6.45, 7) is 3.45. The van der Waals surface area contributed by atoms with Crippen molar-refractivity contribution in [1.82, 2.24) is 9.78 Å². The third-order valence-electron chi connectivity index (χ3n) is 4.36. The number of ether oxygens (including phenoxy) is 1. The van der Waals surface area contributed by atoms with Crippen LogP contribution in [-0.2, 0) is 4.74 Å². The van der Waals surface area contributed by atoms with E-state index in [0.29, 0.717) is 16.6 Å². The molecule has 6 heteroatoms. The fourth-order valence-electron chi connectivity index (χ4n) is 3.20. The minimum atomic E-state index is -0.371. The Kier molecular flexibility index (Phi) is 3.91. The molecule has 1 aliphatic heterocycles. The SMILES string of the molecule is Fc1cc(Cl)ccc1-n1nc(C2CCOCC2)c2ccbcc21. The molecule has 0 saturated carbocycles. The summed E-state index contributed by atoms with van der Waals surface area (Å²) in [4.78, 5) is 0. The third-order valence-corrected chi connectivity index (χ3v) is 4.60. The van der Waals surface area contributed by atoms with Crippen molar-refractivity contribution in [2.45, 2.75) is 18.8 Å². The first-order chi connectivity index (χ1) is 11.2. The van der Waals surface area contributed by atoms with E-state index in [1.54, 1.807) is 16.8 Å². The van der Waals surface area contributed by atoms with Crippen LogP contribution in [0, 0.1) is 5.82 Å². The van der Waals surface area contributed by atoms with Gasteiger partial charge in [0.1, 0.15) is 0 Å². The average molecular weight is 329 g/mol. The number of benzene rings is 1. The summed E-state index contributed by atoms with van der Waals surface area (Å²) in [6, 6.07) is 6.73. The summed E-state index contributed by atoms with van der Waals surface area (Å²) < 4.78 is 21.5. The molecular weight excluding hydrogens is 313 g/mol. The molecule has 0 bridgehead atoms. The summed E-state index contributed by atoms with van der Waals surface area (Å²) in [6.07, 6.45) is 1.90. The molecule has 3 nitrogen and oxygen atoms in total. The van der Waals surface area contributed by atoms with Gasteiger partial charge >= 0.3 is 139 Å². The summed E-state index contributed by atoms with van der Waals surface area (Å²) in [7, 11) is 0. The van der Waals surface area contributed by atoms with E-state index in [4.69, 9.17) is 21.4 Å². The van der Waals surface area contributed by atoms with Gasteiger partial charge in [-0.25, -0.2) is 0 Å². The third kappa shape index (κ3) is 2.68. The summed E-state index contributed by atoms with van der Waals surface area (Å²) in [5, 5.41) is 6.21. The van der Waals surface area contributed by atoms with E-state index in [1.807, 2.05) is 18.8 Å². The zero-order valence-electron chi connectivity index (χ0n) is 12.5. The predicted octanol–water partition coefficient (Wildman–Crippen LogP) is 4.05. The zero-order valence-corrected chi connectivity index (χ0v) is 13.3. The number of aromatic nitrogens is 2. The molecule has 0 amide bonds. The van der Waals surface area contributed by atoms with Gasteiger partial charge in [0.2, 0.25) is 0 Å². The van der Waals surface area contributed by atoms with Crippen LogP contribution in [0.5, 0.6) is 0 Å². The average Bonchev–Trinajstić information content (AvgIpc) is 2.95. The first kappa shape index (κ1) is 14.9. The fraction of sp³-hybridized carbons (Fsp3) is 0.294. The van der Waals surface area contributed by atoms with E-state index in [-0.39, 0.29) is 5.82 Å². The van der Waals surface area contributed by atoms with Gasteiger partial charge in [0.05, 0.1) is 0 Å². The van der Waals surface area contributed by atoms with Crippen LogP contribution in [-0.4, -0.2) is 29.9 Å². The Morgan fingerprint density at radius 2 is 2.09 bits per heavy atom. The van der Waals surface area contributed by atoms with Crippen molar-refractivity contribution >= 4 is 29.4 Å². The van der Waals surface area contributed by atoms with Crippen LogP contribution >= 0.6 is 11.6 Å². The molecule has 3 heterocycles. The van der Waals surface area contributed by atoms with E-state index in [1.165, 1.54) is 6.07 Å². The maximum absolute atomic E-state index is 14.4. The maximum atomic E-state index is 14.4. The van der Waals surface area contributed by atoms with Crippen molar-refractivity contribution in [2.24, 2.45) is 0 Å². The molecule has 1 aromatic carbocycles. The van der Waals surface area contributed by atoms with Gasteiger partial charge in [-0.1, -0.05) is 0 Å². The van der Waals surface area contributed by atoms with Crippen molar-refractivity contribution in [3.8, 4) is 5.69 Å². The van der Waals surface area contributed by atoms with Crippen LogP contribution in [0.4, 0.5) is 4.39 Å². The molecule has 0 N–H and O–H groups in total. The summed E-state index contributed by atoms with van der Waals surface area (Å²) in [5.74, 6) is 3.95. The van der Waals surface area contributed by atoms with Crippen LogP contribution in [0.1, 0.15) is 24.5 Å². The molecule has 0 unspecified atom stereocenters. The molecule has 2 aromatic heterocycles. The van der Waals surface area contributed by atoms with Crippen LogP contribution in [0.3, 0.4) is 0 Å². The van der Waals surface area contributed by atoms with E-state index in [9.17, 15) is 4.39 Å². The Hall–Kier alpha value is -1.72. The molecule has 1 fully saturated rings. The van der Waals surface area contributed by atoms with E-state index in [0.717, 1.165) is 42.7 Å². The Balaban J connectivity index is 1.90. The van der Waals surface area contributed by atoms with E-state index < -0.39 is 0 Å². The van der Waals surface area contributed by atoms with Crippen molar-refractivity contribution < 1.29 is 9.13 Å². The molecular formula is C17H15BClFN2O. The monoisotopic (exact) mass is 328 g/mol. The standard InChI is InChI=1S/C17H15BClFN2O/c19-12-1-2-15(14(20)9-12)22-16-10-18-6-3-13(16)17(21-22)11-4-7-23-8-5-11/h1-3,6,9-11H,4-5,7-8H2. The van der Waals surface area contributed by atoms with Crippen LogP contribution in [0.25, 0.3) is 16.6 Å². The summed E-state index contributed by atoms with van der Waals surface area (Å²) in [5.41, 5.74) is 2.36. The number of fused-ring (bicyclic) bond motifs is 1. The molecule has 0 aliphatic carbocycles. The predicted molar refractivity (Wildman–Crippen MR) is 90.2 cm³/mol. The van der Waals surface area contributed by atoms with Crippen molar-refractivity contribution in [3.05, 3.63) is 52.7 Å². The number of halogens is 2. The van der Waals surface area contributed by atoms with Gasteiger partial charge < -0.3 is 0 Å². The molecule has 116 valence electrons. The van der Waals surface area contributed by atoms with Crippen LogP contribution < -0.4 is 0 Å². The first-order valence-electron chi connectivity index (χ1n) is 7.75. The van der Waals surface area contributed by atoms with Gasteiger partial charge in [-0.05, 0) is 0 Å². The second-order valence-electron chi connectivity index (χ2n) is 5.80. The second-order valence-corrected chi connectivity index (χ2v) is 6.23. The summed E-state index contributed by atoms with van der Waals surface area (Å²) >= 11 is 5.87. The normalized spacial score (nSPS) is 15.9. The number of hydrogen-bond acceptors (Lipinski definition) is 2. The Morgan fingerprint density at radius 1 is 1.26 bits per heavy atom. The van der Waals surface area contributed by atoms with Crippen molar-refractivity contribution in [3.63, 3.8) is 0 Å². The Labute approximate surface area is 139 Å². The molecule has 0 atom stereocenters. The Morgan fingerprint density at radius 3 is 2.87 bits per heavy atom. The number of hydrogen-bond donors (Lipinski definition) is 0. The van der Waals surface area contributed by atoms with Crippen molar-refractivity contribution in [2.75, 3.05) is 13.2 Å². The van der Waals surface area contributed by atoms with Gasteiger partial charge in [-0.3, -0.25) is 0 Å². The first-order valence-corrected chi connectivity index (χ1v) is 8.12. The molecule has 3 aromatic rings. The molecule has 4 rings (SSSR count). The number of nitrogens with zero attached hydrogens (tertiary/aromatic N) is 2. The molecule has 23 heavy (non-hydrogen) atoms. The second kappa shape index (κ2) is 6.06. The topological polar surface area (TPSA) is 27.1 Å². The van der Waals surface area contributed by atoms with Gasteiger partial charge in [-0.2, -0.15) is 0 Å². The Bertz CT molecular complexity index is 861.